The Morgan fingerprint density at radius 1 is 1.35 bits per heavy atom. The second kappa shape index (κ2) is 5.62. The molecule has 2 bridgehead atoms. The van der Waals surface area contributed by atoms with E-state index >= 15 is 0 Å². The summed E-state index contributed by atoms with van der Waals surface area (Å²) in [5.74, 6) is 0.581. The van der Waals surface area contributed by atoms with E-state index in [4.69, 9.17) is 11.6 Å². The molecule has 3 unspecified atom stereocenters. The van der Waals surface area contributed by atoms with Crippen LogP contribution in [0.2, 0.25) is 5.02 Å². The van der Waals surface area contributed by atoms with E-state index in [1.165, 1.54) is 32.5 Å². The summed E-state index contributed by atoms with van der Waals surface area (Å²) in [6.07, 6.45) is 2.44. The van der Waals surface area contributed by atoms with Crippen LogP contribution in [0.15, 0.2) is 18.2 Å². The van der Waals surface area contributed by atoms with Gasteiger partial charge in [-0.05, 0) is 43.5 Å². The number of nitrogens with one attached hydrogen (secondary N) is 2. The van der Waals surface area contributed by atoms with Crippen molar-refractivity contribution < 1.29 is 4.79 Å². The zero-order chi connectivity index (χ0) is 14.1. The first-order chi connectivity index (χ1) is 9.67. The van der Waals surface area contributed by atoms with Gasteiger partial charge in [-0.2, -0.15) is 0 Å². The minimum absolute atomic E-state index is 0.144. The number of hydrogen-bond acceptors (Lipinski definition) is 3. The molecule has 2 N–H and O–H groups in total. The van der Waals surface area contributed by atoms with Gasteiger partial charge < -0.3 is 15.5 Å². The van der Waals surface area contributed by atoms with E-state index in [1.54, 1.807) is 13.1 Å². The van der Waals surface area contributed by atoms with Gasteiger partial charge in [0.2, 0.25) is 0 Å². The lowest BCUT2D eigenvalue weighted by Crippen LogP contribution is -2.39. The molecule has 2 saturated heterocycles. The summed E-state index contributed by atoms with van der Waals surface area (Å²) >= 11 is 6.08. The maximum atomic E-state index is 11.8. The third-order valence-corrected chi connectivity index (χ3v) is 4.75. The van der Waals surface area contributed by atoms with Crippen LogP contribution in [0, 0.1) is 5.92 Å². The summed E-state index contributed by atoms with van der Waals surface area (Å²) in [4.78, 5) is 14.3. The third kappa shape index (κ3) is 2.63. The molecular formula is C15H20ClN3O. The van der Waals surface area contributed by atoms with Crippen LogP contribution in [0.5, 0.6) is 0 Å². The summed E-state index contributed by atoms with van der Waals surface area (Å²) in [7, 11) is 1.62. The van der Waals surface area contributed by atoms with Crippen LogP contribution in [0.25, 0.3) is 0 Å². The number of hydrogen-bond donors (Lipinski definition) is 2. The zero-order valence-electron chi connectivity index (χ0n) is 11.7. The lowest BCUT2D eigenvalue weighted by molar-refractivity contribution is 0.0963. The van der Waals surface area contributed by atoms with Crippen molar-refractivity contribution in [3.8, 4) is 0 Å². The molecule has 0 radical (unpaired) electrons. The number of piperidine rings is 1. The van der Waals surface area contributed by atoms with Crippen LogP contribution < -0.4 is 10.6 Å². The SMILES string of the molecule is CNC(=O)c1cc(NC2CCN3CCC2C3)ccc1Cl. The number of halogens is 1. The highest BCUT2D eigenvalue weighted by atomic mass is 35.5. The van der Waals surface area contributed by atoms with Gasteiger partial charge in [-0.1, -0.05) is 11.6 Å². The molecule has 0 spiro atoms. The molecule has 2 fully saturated rings. The maximum Gasteiger partial charge on any atom is 0.252 e. The van der Waals surface area contributed by atoms with Crippen molar-refractivity contribution in [1.29, 1.82) is 0 Å². The molecule has 3 atom stereocenters. The van der Waals surface area contributed by atoms with Crippen molar-refractivity contribution in [2.75, 3.05) is 32.0 Å². The minimum atomic E-state index is -0.144. The quantitative estimate of drug-likeness (QED) is 0.898. The second-order valence-corrected chi connectivity index (χ2v) is 6.07. The van der Waals surface area contributed by atoms with E-state index in [0.717, 1.165) is 11.6 Å². The van der Waals surface area contributed by atoms with Gasteiger partial charge >= 0.3 is 0 Å². The molecule has 1 aromatic carbocycles. The molecule has 2 heterocycles. The van der Waals surface area contributed by atoms with E-state index in [2.05, 4.69) is 15.5 Å². The Morgan fingerprint density at radius 2 is 2.15 bits per heavy atom. The van der Waals surface area contributed by atoms with E-state index in [0.29, 0.717) is 16.6 Å². The predicted molar refractivity (Wildman–Crippen MR) is 81.4 cm³/mol. The lowest BCUT2D eigenvalue weighted by atomic mass is 9.94. The highest BCUT2D eigenvalue weighted by Crippen LogP contribution is 2.30. The van der Waals surface area contributed by atoms with Gasteiger partial charge in [-0.3, -0.25) is 4.79 Å². The van der Waals surface area contributed by atoms with Crippen molar-refractivity contribution in [2.45, 2.75) is 18.9 Å². The topological polar surface area (TPSA) is 44.4 Å². The number of amides is 1. The summed E-state index contributed by atoms with van der Waals surface area (Å²) < 4.78 is 0. The fraction of sp³-hybridized carbons (Fsp3) is 0.533. The standard InChI is InChI=1S/C15H20ClN3O/c1-17-15(20)12-8-11(2-3-13(12)16)18-14-5-7-19-6-4-10(14)9-19/h2-3,8,10,14,18H,4-7,9H2,1H3,(H,17,20). The Morgan fingerprint density at radius 3 is 2.95 bits per heavy atom. The molecule has 20 heavy (non-hydrogen) atoms. The Hall–Kier alpha value is -1.26. The normalized spacial score (nSPS) is 28.2. The molecule has 0 aliphatic carbocycles. The first-order valence-corrected chi connectivity index (χ1v) is 7.55. The van der Waals surface area contributed by atoms with Crippen molar-refractivity contribution in [2.24, 2.45) is 5.92 Å². The molecule has 108 valence electrons. The Kier molecular flexibility index (Phi) is 3.85. The average molecular weight is 294 g/mol. The molecule has 2 aliphatic heterocycles. The molecule has 1 amide bonds. The molecule has 1 aromatic rings. The van der Waals surface area contributed by atoms with Gasteiger partial charge in [0.05, 0.1) is 10.6 Å². The fourth-order valence-corrected chi connectivity index (χ4v) is 3.48. The van der Waals surface area contributed by atoms with Crippen LogP contribution in [-0.2, 0) is 0 Å². The van der Waals surface area contributed by atoms with Crippen molar-refractivity contribution in [1.82, 2.24) is 10.2 Å². The van der Waals surface area contributed by atoms with Crippen LogP contribution in [-0.4, -0.2) is 43.5 Å². The Bertz CT molecular complexity index is 520. The van der Waals surface area contributed by atoms with Gasteiger partial charge in [0, 0.05) is 31.9 Å². The van der Waals surface area contributed by atoms with Gasteiger partial charge in [0.15, 0.2) is 0 Å². The maximum absolute atomic E-state index is 11.8. The summed E-state index contributed by atoms with van der Waals surface area (Å²) in [6, 6.07) is 6.10. The summed E-state index contributed by atoms with van der Waals surface area (Å²) in [6.45, 7) is 3.60. The van der Waals surface area contributed by atoms with Crippen molar-refractivity contribution in [3.05, 3.63) is 28.8 Å². The highest BCUT2D eigenvalue weighted by molar-refractivity contribution is 6.34. The van der Waals surface area contributed by atoms with Crippen molar-refractivity contribution >= 4 is 23.2 Å². The van der Waals surface area contributed by atoms with Crippen LogP contribution in [0.3, 0.4) is 0 Å². The van der Waals surface area contributed by atoms with Gasteiger partial charge in [-0.25, -0.2) is 0 Å². The number of rotatable bonds is 3. The van der Waals surface area contributed by atoms with E-state index < -0.39 is 0 Å². The number of carbonyl (C=O) groups is 1. The van der Waals surface area contributed by atoms with Crippen LogP contribution in [0.4, 0.5) is 5.69 Å². The smallest absolute Gasteiger partial charge is 0.252 e. The van der Waals surface area contributed by atoms with Crippen LogP contribution in [0.1, 0.15) is 23.2 Å². The number of fused-ring (bicyclic) bond motifs is 2. The summed E-state index contributed by atoms with van der Waals surface area (Å²) in [5, 5.41) is 6.70. The van der Waals surface area contributed by atoms with E-state index in [9.17, 15) is 4.79 Å². The monoisotopic (exact) mass is 293 g/mol. The fourth-order valence-electron chi connectivity index (χ4n) is 3.28. The first-order valence-electron chi connectivity index (χ1n) is 7.18. The second-order valence-electron chi connectivity index (χ2n) is 5.66. The van der Waals surface area contributed by atoms with Gasteiger partial charge in [0.1, 0.15) is 0 Å². The number of benzene rings is 1. The Balaban J connectivity index is 1.75. The van der Waals surface area contributed by atoms with E-state index in [-0.39, 0.29) is 5.91 Å². The van der Waals surface area contributed by atoms with Crippen molar-refractivity contribution in [3.63, 3.8) is 0 Å². The first kappa shape index (κ1) is 13.7. The number of anilines is 1. The summed E-state index contributed by atoms with van der Waals surface area (Å²) in [5.41, 5.74) is 1.52. The van der Waals surface area contributed by atoms with Crippen LogP contribution >= 0.6 is 11.6 Å². The predicted octanol–water partition coefficient (Wildman–Crippen LogP) is 2.21. The molecule has 5 heteroatoms. The number of nitrogens with zero attached hydrogens (tertiary/aromatic N) is 1. The minimum Gasteiger partial charge on any atom is -0.382 e. The largest absolute Gasteiger partial charge is 0.382 e. The van der Waals surface area contributed by atoms with E-state index in [1.807, 2.05) is 12.1 Å². The molecular weight excluding hydrogens is 274 g/mol. The van der Waals surface area contributed by atoms with Gasteiger partial charge in [-0.15, -0.1) is 0 Å². The molecule has 4 nitrogen and oxygen atoms in total. The third-order valence-electron chi connectivity index (χ3n) is 4.42. The average Bonchev–Trinajstić information content (AvgIpc) is 2.86. The Labute approximate surface area is 124 Å². The lowest BCUT2D eigenvalue weighted by Gasteiger charge is -2.31. The molecule has 2 aliphatic rings. The zero-order valence-corrected chi connectivity index (χ0v) is 12.4. The van der Waals surface area contributed by atoms with Gasteiger partial charge in [0.25, 0.3) is 5.91 Å². The molecule has 0 saturated carbocycles. The molecule has 0 aromatic heterocycles. The highest BCUT2D eigenvalue weighted by Gasteiger charge is 2.34. The molecule has 3 rings (SSSR count). The number of carbonyl (C=O) groups excluding carboxylic acids is 1.